The Labute approximate surface area is 98.5 Å². The average Bonchev–Trinajstić information content (AvgIpc) is 2.11. The molecule has 0 aromatic carbocycles. The standard InChI is InChI=1S/C12H24N2O2/c1-6-14(11(3)9-13(4)5)8-10(2)7-12(15)16/h7,11H,6,8-9H2,1-5H3,(H,15,16). The van der Waals surface area contributed by atoms with Gasteiger partial charge in [0.1, 0.15) is 0 Å². The SMILES string of the molecule is CCN(CC(C)=CC(=O)O)C(C)CN(C)C. The topological polar surface area (TPSA) is 43.8 Å². The molecule has 0 saturated carbocycles. The number of carbonyl (C=O) groups is 1. The number of hydrogen-bond donors (Lipinski definition) is 1. The van der Waals surface area contributed by atoms with Gasteiger partial charge in [-0.25, -0.2) is 4.79 Å². The van der Waals surface area contributed by atoms with Crippen LogP contribution < -0.4 is 0 Å². The van der Waals surface area contributed by atoms with Gasteiger partial charge < -0.3 is 10.0 Å². The van der Waals surface area contributed by atoms with E-state index in [1.54, 1.807) is 0 Å². The zero-order chi connectivity index (χ0) is 12.7. The van der Waals surface area contributed by atoms with Crippen molar-refractivity contribution in [3.8, 4) is 0 Å². The normalized spacial score (nSPS) is 14.6. The van der Waals surface area contributed by atoms with Crippen molar-refractivity contribution >= 4 is 5.97 Å². The highest BCUT2D eigenvalue weighted by Crippen LogP contribution is 2.04. The molecule has 1 unspecified atom stereocenters. The van der Waals surface area contributed by atoms with E-state index in [1.807, 2.05) is 21.0 Å². The first-order valence-electron chi connectivity index (χ1n) is 5.65. The molecular formula is C12H24N2O2. The number of carboxylic acids is 1. The summed E-state index contributed by atoms with van der Waals surface area (Å²) >= 11 is 0. The fourth-order valence-corrected chi connectivity index (χ4v) is 1.80. The maximum atomic E-state index is 10.5. The van der Waals surface area contributed by atoms with Crippen molar-refractivity contribution in [3.63, 3.8) is 0 Å². The first-order valence-corrected chi connectivity index (χ1v) is 5.65. The molecule has 0 aromatic heterocycles. The summed E-state index contributed by atoms with van der Waals surface area (Å²) in [6.45, 7) is 8.75. The van der Waals surface area contributed by atoms with Gasteiger partial charge in [0.05, 0.1) is 0 Å². The minimum Gasteiger partial charge on any atom is -0.478 e. The van der Waals surface area contributed by atoms with Crippen LogP contribution in [0.4, 0.5) is 0 Å². The van der Waals surface area contributed by atoms with Crippen LogP contribution >= 0.6 is 0 Å². The van der Waals surface area contributed by atoms with Gasteiger partial charge in [0, 0.05) is 25.2 Å². The summed E-state index contributed by atoms with van der Waals surface area (Å²) in [5, 5.41) is 8.65. The predicted octanol–water partition coefficient (Wildman–Crippen LogP) is 1.29. The van der Waals surface area contributed by atoms with Crippen LogP contribution in [0.1, 0.15) is 20.8 Å². The van der Waals surface area contributed by atoms with E-state index in [4.69, 9.17) is 5.11 Å². The molecule has 16 heavy (non-hydrogen) atoms. The Kier molecular flexibility index (Phi) is 7.01. The van der Waals surface area contributed by atoms with Crippen LogP contribution in [0.5, 0.6) is 0 Å². The molecule has 0 heterocycles. The summed E-state index contributed by atoms with van der Waals surface area (Å²) in [6.07, 6.45) is 1.28. The molecule has 0 aliphatic rings. The lowest BCUT2D eigenvalue weighted by molar-refractivity contribution is -0.131. The first kappa shape index (κ1) is 15.1. The van der Waals surface area contributed by atoms with Crippen LogP contribution in [-0.4, -0.2) is 60.6 Å². The lowest BCUT2D eigenvalue weighted by Gasteiger charge is -2.30. The van der Waals surface area contributed by atoms with Crippen molar-refractivity contribution in [2.75, 3.05) is 33.7 Å². The predicted molar refractivity (Wildman–Crippen MR) is 66.7 cm³/mol. The van der Waals surface area contributed by atoms with E-state index in [0.717, 1.165) is 25.2 Å². The number of nitrogens with zero attached hydrogens (tertiary/aromatic N) is 2. The van der Waals surface area contributed by atoms with E-state index in [0.29, 0.717) is 6.04 Å². The van der Waals surface area contributed by atoms with Gasteiger partial charge in [0.2, 0.25) is 0 Å². The largest absolute Gasteiger partial charge is 0.478 e. The third-order valence-electron chi connectivity index (χ3n) is 2.48. The molecule has 1 N–H and O–H groups in total. The van der Waals surface area contributed by atoms with Crippen molar-refractivity contribution < 1.29 is 9.90 Å². The van der Waals surface area contributed by atoms with Gasteiger partial charge in [0.15, 0.2) is 0 Å². The van der Waals surface area contributed by atoms with Crippen LogP contribution in [0.3, 0.4) is 0 Å². The van der Waals surface area contributed by atoms with Gasteiger partial charge in [-0.15, -0.1) is 0 Å². The third kappa shape index (κ3) is 6.58. The summed E-state index contributed by atoms with van der Waals surface area (Å²) in [5.41, 5.74) is 0.889. The summed E-state index contributed by atoms with van der Waals surface area (Å²) in [7, 11) is 4.09. The molecule has 0 radical (unpaired) electrons. The van der Waals surface area contributed by atoms with Gasteiger partial charge in [-0.05, 0) is 34.5 Å². The van der Waals surface area contributed by atoms with Crippen molar-refractivity contribution in [1.29, 1.82) is 0 Å². The maximum absolute atomic E-state index is 10.5. The highest BCUT2D eigenvalue weighted by Gasteiger charge is 2.13. The zero-order valence-corrected chi connectivity index (χ0v) is 11.0. The van der Waals surface area contributed by atoms with Gasteiger partial charge in [-0.1, -0.05) is 12.5 Å². The molecule has 0 aliphatic heterocycles. The van der Waals surface area contributed by atoms with Crippen LogP contribution in [-0.2, 0) is 4.79 Å². The van der Waals surface area contributed by atoms with Crippen molar-refractivity contribution in [2.45, 2.75) is 26.8 Å². The first-order chi connectivity index (χ1) is 7.36. The van der Waals surface area contributed by atoms with Crippen molar-refractivity contribution in [3.05, 3.63) is 11.6 Å². The monoisotopic (exact) mass is 228 g/mol. The fraction of sp³-hybridized carbons (Fsp3) is 0.750. The average molecular weight is 228 g/mol. The third-order valence-corrected chi connectivity index (χ3v) is 2.48. The summed E-state index contributed by atoms with van der Waals surface area (Å²) in [4.78, 5) is 14.9. The zero-order valence-electron chi connectivity index (χ0n) is 11.0. The number of hydrogen-bond acceptors (Lipinski definition) is 3. The maximum Gasteiger partial charge on any atom is 0.328 e. The van der Waals surface area contributed by atoms with E-state index >= 15 is 0 Å². The van der Waals surface area contributed by atoms with E-state index in [-0.39, 0.29) is 0 Å². The minimum atomic E-state index is -0.867. The molecule has 4 heteroatoms. The molecule has 0 bridgehead atoms. The second-order valence-electron chi connectivity index (χ2n) is 4.50. The van der Waals surface area contributed by atoms with E-state index in [2.05, 4.69) is 23.6 Å². The molecule has 0 amide bonds. The lowest BCUT2D eigenvalue weighted by atomic mass is 10.2. The molecule has 4 nitrogen and oxygen atoms in total. The molecule has 0 aromatic rings. The van der Waals surface area contributed by atoms with Gasteiger partial charge in [-0.3, -0.25) is 4.90 Å². The summed E-state index contributed by atoms with van der Waals surface area (Å²) in [5.74, 6) is -0.867. The van der Waals surface area contributed by atoms with E-state index in [9.17, 15) is 4.79 Å². The second-order valence-corrected chi connectivity index (χ2v) is 4.50. The Balaban J connectivity index is 4.34. The molecule has 0 rings (SSSR count). The number of rotatable bonds is 7. The molecular weight excluding hydrogens is 204 g/mol. The van der Waals surface area contributed by atoms with Crippen molar-refractivity contribution in [2.24, 2.45) is 0 Å². The number of aliphatic carboxylic acids is 1. The van der Waals surface area contributed by atoms with Crippen LogP contribution in [0, 0.1) is 0 Å². The molecule has 0 saturated heterocycles. The Morgan fingerprint density at radius 2 is 2.00 bits per heavy atom. The van der Waals surface area contributed by atoms with Crippen LogP contribution in [0.15, 0.2) is 11.6 Å². The van der Waals surface area contributed by atoms with Gasteiger partial charge >= 0.3 is 5.97 Å². The van der Waals surface area contributed by atoms with E-state index in [1.165, 1.54) is 6.08 Å². The van der Waals surface area contributed by atoms with Crippen LogP contribution in [0.2, 0.25) is 0 Å². The lowest BCUT2D eigenvalue weighted by Crippen LogP contribution is -2.40. The highest BCUT2D eigenvalue weighted by atomic mass is 16.4. The quantitative estimate of drug-likeness (QED) is 0.667. The minimum absolute atomic E-state index is 0.428. The summed E-state index contributed by atoms with van der Waals surface area (Å²) in [6, 6.07) is 0.428. The Morgan fingerprint density at radius 3 is 2.38 bits per heavy atom. The molecule has 1 atom stereocenters. The highest BCUT2D eigenvalue weighted by molar-refractivity contribution is 5.80. The fourth-order valence-electron chi connectivity index (χ4n) is 1.80. The second kappa shape index (κ2) is 7.41. The van der Waals surface area contributed by atoms with Crippen molar-refractivity contribution in [1.82, 2.24) is 9.80 Å². The van der Waals surface area contributed by atoms with E-state index < -0.39 is 5.97 Å². The molecule has 0 spiro atoms. The van der Waals surface area contributed by atoms with Gasteiger partial charge in [-0.2, -0.15) is 0 Å². The Hall–Kier alpha value is -0.870. The number of likely N-dealkylation sites (N-methyl/N-ethyl adjacent to an activating group) is 2. The smallest absolute Gasteiger partial charge is 0.328 e. The molecule has 0 fully saturated rings. The number of carboxylic acid groups (broad SMARTS) is 1. The molecule has 0 aliphatic carbocycles. The van der Waals surface area contributed by atoms with Crippen LogP contribution in [0.25, 0.3) is 0 Å². The Bertz CT molecular complexity index is 249. The Morgan fingerprint density at radius 1 is 1.44 bits per heavy atom. The molecule has 94 valence electrons. The van der Waals surface area contributed by atoms with Gasteiger partial charge in [0.25, 0.3) is 0 Å². The summed E-state index contributed by atoms with van der Waals surface area (Å²) < 4.78 is 0.